The molecule has 2 unspecified atom stereocenters. The molecule has 0 bridgehead atoms. The third kappa shape index (κ3) is 2.95. The topological polar surface area (TPSA) is 53.1 Å². The molecular formula is C13H22BrN3O. The largest absolute Gasteiger partial charge is 0.372 e. The van der Waals surface area contributed by atoms with Crippen molar-refractivity contribution in [1.82, 2.24) is 9.78 Å². The Kier molecular flexibility index (Phi) is 4.81. The molecule has 2 N–H and O–H groups in total. The van der Waals surface area contributed by atoms with E-state index in [1.807, 2.05) is 4.68 Å². The second-order valence-electron chi connectivity index (χ2n) is 4.88. The van der Waals surface area contributed by atoms with Crippen LogP contribution in [0.1, 0.15) is 44.5 Å². The lowest BCUT2D eigenvalue weighted by molar-refractivity contribution is 0.0405. The summed E-state index contributed by atoms with van der Waals surface area (Å²) < 4.78 is 9.10. The van der Waals surface area contributed by atoms with Crippen LogP contribution in [0.2, 0.25) is 0 Å². The number of nitrogens with zero attached hydrogens (tertiary/aromatic N) is 2. The number of rotatable bonds is 5. The van der Waals surface area contributed by atoms with Gasteiger partial charge in [0.15, 0.2) is 0 Å². The molecule has 102 valence electrons. The Hall–Kier alpha value is -0.390. The van der Waals surface area contributed by atoms with Crippen molar-refractivity contribution in [1.29, 1.82) is 0 Å². The number of aromatic nitrogens is 2. The minimum atomic E-state index is 0.317. The number of ether oxygens (including phenoxy) is 1. The lowest BCUT2D eigenvalue weighted by Crippen LogP contribution is -2.18. The number of hydrogen-bond donors (Lipinski definition) is 1. The summed E-state index contributed by atoms with van der Waals surface area (Å²) in [6, 6.07) is 0.320. The fourth-order valence-corrected chi connectivity index (χ4v) is 3.16. The lowest BCUT2D eigenvalue weighted by atomic mass is 10.3. The Morgan fingerprint density at radius 2 is 2.22 bits per heavy atom. The molecule has 0 aliphatic heterocycles. The monoisotopic (exact) mass is 315 g/mol. The standard InChI is InChI=1S/C13H22BrN3O/c1-3-11-13(14)12(17(4-2)16-11)8-18-10-6-5-9(15)7-10/h9-10H,3-8,15H2,1-2H3. The van der Waals surface area contributed by atoms with Gasteiger partial charge in [-0.15, -0.1) is 0 Å². The van der Waals surface area contributed by atoms with Crippen LogP contribution in [-0.4, -0.2) is 21.9 Å². The van der Waals surface area contributed by atoms with Gasteiger partial charge in [-0.25, -0.2) is 0 Å². The van der Waals surface area contributed by atoms with E-state index in [4.69, 9.17) is 10.5 Å². The summed E-state index contributed by atoms with van der Waals surface area (Å²) in [7, 11) is 0. The van der Waals surface area contributed by atoms with Gasteiger partial charge in [-0.05, 0) is 48.5 Å². The Balaban J connectivity index is 2.01. The maximum Gasteiger partial charge on any atom is 0.0900 e. The molecular weight excluding hydrogens is 294 g/mol. The van der Waals surface area contributed by atoms with Gasteiger partial charge in [0.2, 0.25) is 0 Å². The second-order valence-corrected chi connectivity index (χ2v) is 5.68. The van der Waals surface area contributed by atoms with Crippen LogP contribution in [0, 0.1) is 0 Å². The summed E-state index contributed by atoms with van der Waals surface area (Å²) in [5.74, 6) is 0. The van der Waals surface area contributed by atoms with Gasteiger partial charge in [0.1, 0.15) is 0 Å². The number of aryl methyl sites for hydroxylation is 2. The van der Waals surface area contributed by atoms with E-state index < -0.39 is 0 Å². The van der Waals surface area contributed by atoms with Crippen LogP contribution in [0.5, 0.6) is 0 Å². The molecule has 5 heteroatoms. The molecule has 1 aromatic heterocycles. The highest BCUT2D eigenvalue weighted by Crippen LogP contribution is 2.26. The predicted molar refractivity (Wildman–Crippen MR) is 75.4 cm³/mol. The van der Waals surface area contributed by atoms with Gasteiger partial charge in [-0.3, -0.25) is 4.68 Å². The average Bonchev–Trinajstić information content (AvgIpc) is 2.91. The molecule has 0 aromatic carbocycles. The van der Waals surface area contributed by atoms with Crippen LogP contribution in [0.15, 0.2) is 4.47 Å². The normalized spacial score (nSPS) is 23.8. The number of halogens is 1. The van der Waals surface area contributed by atoms with Crippen LogP contribution in [0.4, 0.5) is 0 Å². The number of nitrogens with two attached hydrogens (primary N) is 1. The van der Waals surface area contributed by atoms with Gasteiger partial charge in [-0.2, -0.15) is 5.10 Å². The summed E-state index contributed by atoms with van der Waals surface area (Å²) in [5.41, 5.74) is 8.16. The molecule has 1 saturated carbocycles. The maximum atomic E-state index is 5.97. The van der Waals surface area contributed by atoms with Crippen molar-refractivity contribution < 1.29 is 4.74 Å². The molecule has 1 aliphatic rings. The van der Waals surface area contributed by atoms with Crippen molar-refractivity contribution in [2.24, 2.45) is 5.73 Å². The highest BCUT2D eigenvalue weighted by atomic mass is 79.9. The van der Waals surface area contributed by atoms with Gasteiger partial charge in [0, 0.05) is 12.6 Å². The molecule has 0 radical (unpaired) electrons. The first-order valence-electron chi connectivity index (χ1n) is 6.76. The fourth-order valence-electron chi connectivity index (χ4n) is 2.48. The van der Waals surface area contributed by atoms with E-state index in [-0.39, 0.29) is 0 Å². The first-order valence-corrected chi connectivity index (χ1v) is 7.56. The van der Waals surface area contributed by atoms with E-state index in [0.29, 0.717) is 18.8 Å². The van der Waals surface area contributed by atoms with Crippen LogP contribution in [0.25, 0.3) is 0 Å². The molecule has 0 spiro atoms. The van der Waals surface area contributed by atoms with Crippen molar-refractivity contribution >= 4 is 15.9 Å². The summed E-state index contributed by atoms with van der Waals surface area (Å²) in [5, 5.41) is 4.57. The second kappa shape index (κ2) is 6.17. The molecule has 2 atom stereocenters. The maximum absolute atomic E-state index is 5.97. The Bertz CT molecular complexity index is 405. The van der Waals surface area contributed by atoms with Gasteiger partial charge in [-0.1, -0.05) is 6.92 Å². The van der Waals surface area contributed by atoms with Crippen molar-refractivity contribution in [2.75, 3.05) is 0 Å². The highest BCUT2D eigenvalue weighted by Gasteiger charge is 2.23. The summed E-state index contributed by atoms with van der Waals surface area (Å²) in [6.07, 6.45) is 4.41. The van der Waals surface area contributed by atoms with E-state index in [2.05, 4.69) is 34.9 Å². The highest BCUT2D eigenvalue weighted by molar-refractivity contribution is 9.10. The SMILES string of the molecule is CCc1nn(CC)c(COC2CCC(N)C2)c1Br. The van der Waals surface area contributed by atoms with E-state index in [1.165, 1.54) is 0 Å². The van der Waals surface area contributed by atoms with Gasteiger partial charge in [0.25, 0.3) is 0 Å². The Morgan fingerprint density at radius 1 is 1.44 bits per heavy atom. The third-order valence-corrected chi connectivity index (χ3v) is 4.49. The third-order valence-electron chi connectivity index (χ3n) is 3.57. The molecule has 0 amide bonds. The molecule has 0 saturated heterocycles. The number of hydrogen-bond acceptors (Lipinski definition) is 3. The smallest absolute Gasteiger partial charge is 0.0900 e. The molecule has 1 aromatic rings. The summed E-state index contributed by atoms with van der Waals surface area (Å²) in [4.78, 5) is 0. The van der Waals surface area contributed by atoms with Crippen LogP contribution < -0.4 is 5.73 Å². The molecule has 18 heavy (non-hydrogen) atoms. The zero-order valence-corrected chi connectivity index (χ0v) is 12.7. The van der Waals surface area contributed by atoms with Crippen molar-refractivity contribution in [2.45, 2.75) is 64.8 Å². The van der Waals surface area contributed by atoms with Crippen molar-refractivity contribution in [3.8, 4) is 0 Å². The fraction of sp³-hybridized carbons (Fsp3) is 0.769. The van der Waals surface area contributed by atoms with E-state index in [0.717, 1.165) is 48.1 Å². The average molecular weight is 316 g/mol. The zero-order chi connectivity index (χ0) is 13.1. The van der Waals surface area contributed by atoms with Crippen LogP contribution in [0.3, 0.4) is 0 Å². The predicted octanol–water partition coefficient (Wildman–Crippen LogP) is 2.62. The summed E-state index contributed by atoms with van der Waals surface area (Å²) >= 11 is 3.64. The molecule has 1 fully saturated rings. The first kappa shape index (κ1) is 14.0. The van der Waals surface area contributed by atoms with Gasteiger partial charge >= 0.3 is 0 Å². The molecule has 1 heterocycles. The van der Waals surface area contributed by atoms with Crippen LogP contribution in [-0.2, 0) is 24.3 Å². The zero-order valence-electron chi connectivity index (χ0n) is 11.2. The lowest BCUT2D eigenvalue weighted by Gasteiger charge is -2.12. The van der Waals surface area contributed by atoms with Gasteiger partial charge < -0.3 is 10.5 Å². The van der Waals surface area contributed by atoms with Crippen molar-refractivity contribution in [3.63, 3.8) is 0 Å². The Morgan fingerprint density at radius 3 is 2.78 bits per heavy atom. The minimum absolute atomic E-state index is 0.317. The van der Waals surface area contributed by atoms with Crippen LogP contribution >= 0.6 is 15.9 Å². The van der Waals surface area contributed by atoms with Gasteiger partial charge in [0.05, 0.1) is 28.6 Å². The van der Waals surface area contributed by atoms with E-state index >= 15 is 0 Å². The minimum Gasteiger partial charge on any atom is -0.372 e. The first-order chi connectivity index (χ1) is 8.65. The van der Waals surface area contributed by atoms with E-state index in [1.54, 1.807) is 0 Å². The summed E-state index contributed by atoms with van der Waals surface area (Å²) in [6.45, 7) is 5.72. The molecule has 2 rings (SSSR count). The van der Waals surface area contributed by atoms with E-state index in [9.17, 15) is 0 Å². The quantitative estimate of drug-likeness (QED) is 0.908. The molecule has 4 nitrogen and oxygen atoms in total. The van der Waals surface area contributed by atoms with Crippen molar-refractivity contribution in [3.05, 3.63) is 15.9 Å². The Labute approximate surface area is 117 Å². The molecule has 1 aliphatic carbocycles.